The van der Waals surface area contributed by atoms with Crippen molar-refractivity contribution in [1.29, 1.82) is 0 Å². The van der Waals surface area contributed by atoms with E-state index >= 15 is 0 Å². The number of hydrogen-bond donors (Lipinski definition) is 0. The first-order chi connectivity index (χ1) is 12.8. The highest BCUT2D eigenvalue weighted by Crippen LogP contribution is 2.21. The molecule has 0 aliphatic carbocycles. The number of ether oxygens (including phenoxy) is 1. The van der Waals surface area contributed by atoms with E-state index in [-0.39, 0.29) is 17.7 Å². The maximum absolute atomic E-state index is 12.8. The topological polar surface area (TPSA) is 75.9 Å². The van der Waals surface area contributed by atoms with Crippen LogP contribution in [0.25, 0.3) is 11.3 Å². The van der Waals surface area contributed by atoms with Gasteiger partial charge in [-0.15, -0.1) is 0 Å². The number of rotatable bonds is 2. The molecule has 0 radical (unpaired) electrons. The molecule has 1 aliphatic heterocycles. The van der Waals surface area contributed by atoms with Crippen molar-refractivity contribution in [3.63, 3.8) is 0 Å². The van der Waals surface area contributed by atoms with E-state index in [1.54, 1.807) is 15.9 Å². The summed E-state index contributed by atoms with van der Waals surface area (Å²) < 4.78 is 10.7. The van der Waals surface area contributed by atoms with E-state index in [9.17, 15) is 9.59 Å². The Labute approximate surface area is 158 Å². The molecule has 7 heteroatoms. The molecule has 0 saturated carbocycles. The van der Waals surface area contributed by atoms with Gasteiger partial charge in [-0.05, 0) is 27.2 Å². The summed E-state index contributed by atoms with van der Waals surface area (Å²) in [5, 5.41) is 3.93. The fourth-order valence-electron chi connectivity index (χ4n) is 2.91. The summed E-state index contributed by atoms with van der Waals surface area (Å²) in [5.74, 6) is 0.371. The Bertz CT molecular complexity index is 795. The van der Waals surface area contributed by atoms with Crippen LogP contribution in [0.5, 0.6) is 0 Å². The normalized spacial score (nSPS) is 15.4. The molecule has 3 rings (SSSR count). The molecule has 0 atom stereocenters. The number of carbonyl (C=O) groups excluding carboxylic acids is 2. The quantitative estimate of drug-likeness (QED) is 0.808. The summed E-state index contributed by atoms with van der Waals surface area (Å²) in [7, 11) is 0. The number of carbonyl (C=O) groups is 2. The van der Waals surface area contributed by atoms with E-state index < -0.39 is 5.60 Å². The molecule has 144 valence electrons. The van der Waals surface area contributed by atoms with Gasteiger partial charge in [0.05, 0.1) is 0 Å². The molecule has 0 N–H and O–H groups in total. The molecule has 2 heterocycles. The second-order valence-electron chi connectivity index (χ2n) is 7.56. The third-order valence-electron chi connectivity index (χ3n) is 4.22. The molecule has 0 spiro atoms. The van der Waals surface area contributed by atoms with Crippen LogP contribution in [0, 0.1) is 0 Å². The Morgan fingerprint density at radius 3 is 2.41 bits per heavy atom. The zero-order valence-corrected chi connectivity index (χ0v) is 16.0. The largest absolute Gasteiger partial charge is 0.444 e. The number of nitrogens with zero attached hydrogens (tertiary/aromatic N) is 3. The summed E-state index contributed by atoms with van der Waals surface area (Å²) in [5.41, 5.74) is 0.614. The van der Waals surface area contributed by atoms with Gasteiger partial charge >= 0.3 is 6.09 Å². The van der Waals surface area contributed by atoms with Crippen molar-refractivity contribution in [2.45, 2.75) is 32.8 Å². The first kappa shape index (κ1) is 18.9. The van der Waals surface area contributed by atoms with E-state index in [1.165, 1.54) is 0 Å². The molecular formula is C20H25N3O4. The minimum Gasteiger partial charge on any atom is -0.444 e. The van der Waals surface area contributed by atoms with Crippen LogP contribution in [0.1, 0.15) is 37.7 Å². The van der Waals surface area contributed by atoms with Crippen molar-refractivity contribution in [2.75, 3.05) is 26.2 Å². The first-order valence-electron chi connectivity index (χ1n) is 9.13. The van der Waals surface area contributed by atoms with Gasteiger partial charge in [0, 0.05) is 37.8 Å². The van der Waals surface area contributed by atoms with E-state index in [4.69, 9.17) is 9.26 Å². The van der Waals surface area contributed by atoms with Gasteiger partial charge < -0.3 is 19.1 Å². The minimum absolute atomic E-state index is 0.188. The second-order valence-corrected chi connectivity index (χ2v) is 7.56. The fourth-order valence-corrected chi connectivity index (χ4v) is 2.91. The zero-order chi connectivity index (χ0) is 19.4. The van der Waals surface area contributed by atoms with Crippen LogP contribution in [-0.4, -0.2) is 58.7 Å². The Balaban J connectivity index is 1.63. The van der Waals surface area contributed by atoms with E-state index in [0.29, 0.717) is 38.4 Å². The van der Waals surface area contributed by atoms with Gasteiger partial charge in [-0.1, -0.05) is 35.5 Å². The standard InChI is InChI=1S/C20H25N3O4/c1-20(2,3)26-19(25)23-11-7-10-22(12-13-23)18(24)16-14-17(27-21-16)15-8-5-4-6-9-15/h4-6,8-9,14H,7,10-13H2,1-3H3. The van der Waals surface area contributed by atoms with Gasteiger partial charge in [-0.2, -0.15) is 0 Å². The van der Waals surface area contributed by atoms with Crippen LogP contribution < -0.4 is 0 Å². The van der Waals surface area contributed by atoms with Crippen molar-refractivity contribution >= 4 is 12.0 Å². The SMILES string of the molecule is CC(C)(C)OC(=O)N1CCCN(C(=O)c2cc(-c3ccccc3)on2)CC1. The van der Waals surface area contributed by atoms with Crippen LogP contribution in [-0.2, 0) is 4.74 Å². The third-order valence-corrected chi connectivity index (χ3v) is 4.22. The summed E-state index contributed by atoms with van der Waals surface area (Å²) in [4.78, 5) is 28.4. The first-order valence-corrected chi connectivity index (χ1v) is 9.13. The monoisotopic (exact) mass is 371 g/mol. The molecule has 27 heavy (non-hydrogen) atoms. The average Bonchev–Trinajstić information content (AvgIpc) is 2.98. The smallest absolute Gasteiger partial charge is 0.410 e. The molecule has 2 aromatic rings. The van der Waals surface area contributed by atoms with Crippen LogP contribution in [0.4, 0.5) is 4.79 Å². The number of amides is 2. The molecule has 1 aromatic heterocycles. The number of hydrogen-bond acceptors (Lipinski definition) is 5. The van der Waals surface area contributed by atoms with Crippen molar-refractivity contribution in [3.8, 4) is 11.3 Å². The zero-order valence-electron chi connectivity index (χ0n) is 16.0. The van der Waals surface area contributed by atoms with Gasteiger partial charge in [0.15, 0.2) is 11.5 Å². The molecule has 2 amide bonds. The second kappa shape index (κ2) is 7.82. The maximum atomic E-state index is 12.8. The highest BCUT2D eigenvalue weighted by atomic mass is 16.6. The molecule has 1 aromatic carbocycles. The predicted octanol–water partition coefficient (Wildman–Crippen LogP) is 3.42. The Kier molecular flexibility index (Phi) is 5.48. The lowest BCUT2D eigenvalue weighted by Gasteiger charge is -2.26. The molecule has 0 unspecified atom stereocenters. The lowest BCUT2D eigenvalue weighted by atomic mass is 10.1. The van der Waals surface area contributed by atoms with Crippen molar-refractivity contribution in [2.24, 2.45) is 0 Å². The van der Waals surface area contributed by atoms with E-state index in [2.05, 4.69) is 5.16 Å². The van der Waals surface area contributed by atoms with Gasteiger partial charge in [-0.25, -0.2) is 4.79 Å². The number of aromatic nitrogens is 1. The van der Waals surface area contributed by atoms with Crippen LogP contribution in [0.15, 0.2) is 40.9 Å². The van der Waals surface area contributed by atoms with Crippen LogP contribution >= 0.6 is 0 Å². The average molecular weight is 371 g/mol. The molecule has 7 nitrogen and oxygen atoms in total. The van der Waals surface area contributed by atoms with Crippen molar-refractivity contribution in [1.82, 2.24) is 15.0 Å². The van der Waals surface area contributed by atoms with Crippen LogP contribution in [0.2, 0.25) is 0 Å². The van der Waals surface area contributed by atoms with Crippen molar-refractivity contribution in [3.05, 3.63) is 42.1 Å². The maximum Gasteiger partial charge on any atom is 0.410 e. The highest BCUT2D eigenvalue weighted by Gasteiger charge is 2.27. The summed E-state index contributed by atoms with van der Waals surface area (Å²) in [6.07, 6.45) is 0.346. The molecule has 1 fully saturated rings. The van der Waals surface area contributed by atoms with Gasteiger partial charge in [0.1, 0.15) is 5.60 Å². The number of benzene rings is 1. The van der Waals surface area contributed by atoms with E-state index in [0.717, 1.165) is 5.56 Å². The molecule has 1 aliphatic rings. The summed E-state index contributed by atoms with van der Waals surface area (Å²) in [6.45, 7) is 7.52. The Morgan fingerprint density at radius 2 is 1.70 bits per heavy atom. The highest BCUT2D eigenvalue weighted by molar-refractivity contribution is 5.93. The minimum atomic E-state index is -0.534. The molecule has 0 bridgehead atoms. The van der Waals surface area contributed by atoms with Crippen LogP contribution in [0.3, 0.4) is 0 Å². The van der Waals surface area contributed by atoms with Gasteiger partial charge in [0.25, 0.3) is 5.91 Å². The Morgan fingerprint density at radius 1 is 1.04 bits per heavy atom. The van der Waals surface area contributed by atoms with Gasteiger partial charge in [-0.3, -0.25) is 4.79 Å². The van der Waals surface area contributed by atoms with Crippen molar-refractivity contribution < 1.29 is 18.8 Å². The lowest BCUT2D eigenvalue weighted by molar-refractivity contribution is 0.0255. The third kappa shape index (κ3) is 4.87. The Hall–Kier alpha value is -2.83. The molecule has 1 saturated heterocycles. The summed E-state index contributed by atoms with van der Waals surface area (Å²) in [6, 6.07) is 11.2. The summed E-state index contributed by atoms with van der Waals surface area (Å²) >= 11 is 0. The molecular weight excluding hydrogens is 346 g/mol. The van der Waals surface area contributed by atoms with E-state index in [1.807, 2.05) is 51.1 Å². The van der Waals surface area contributed by atoms with Gasteiger partial charge in [0.2, 0.25) is 0 Å². The predicted molar refractivity (Wildman–Crippen MR) is 100 cm³/mol. The lowest BCUT2D eigenvalue weighted by Crippen LogP contribution is -2.40. The fraction of sp³-hybridized carbons (Fsp3) is 0.450.